The van der Waals surface area contributed by atoms with Crippen LogP contribution in [-0.4, -0.2) is 42.5 Å². The quantitative estimate of drug-likeness (QED) is 0.820. The van der Waals surface area contributed by atoms with Crippen molar-refractivity contribution >= 4 is 17.7 Å². The van der Waals surface area contributed by atoms with E-state index in [0.29, 0.717) is 0 Å². The molecule has 21 heavy (non-hydrogen) atoms. The van der Waals surface area contributed by atoms with Gasteiger partial charge in [-0.1, -0.05) is 6.07 Å². The number of ether oxygens (including phenoxy) is 1. The minimum atomic E-state index is -0.119. The van der Waals surface area contributed by atoms with Gasteiger partial charge in [0.25, 0.3) is 0 Å². The van der Waals surface area contributed by atoms with Crippen molar-refractivity contribution in [2.45, 2.75) is 32.5 Å². The van der Waals surface area contributed by atoms with Crippen molar-refractivity contribution in [1.29, 1.82) is 0 Å². The summed E-state index contributed by atoms with van der Waals surface area (Å²) in [4.78, 5) is 14.3. The van der Waals surface area contributed by atoms with E-state index in [-0.39, 0.29) is 18.1 Å². The third kappa shape index (κ3) is 3.52. The number of benzene rings is 1. The van der Waals surface area contributed by atoms with E-state index < -0.39 is 0 Å². The average Bonchev–Trinajstić information content (AvgIpc) is 2.75. The lowest BCUT2D eigenvalue weighted by atomic mass is 10.1. The second kappa shape index (κ2) is 7.18. The van der Waals surface area contributed by atoms with E-state index in [4.69, 9.17) is 4.74 Å². The third-order valence-corrected chi connectivity index (χ3v) is 4.55. The van der Waals surface area contributed by atoms with E-state index in [0.717, 1.165) is 35.6 Å². The van der Waals surface area contributed by atoms with Crippen LogP contribution in [0.4, 0.5) is 0 Å². The van der Waals surface area contributed by atoms with Crippen molar-refractivity contribution in [3.8, 4) is 5.75 Å². The summed E-state index contributed by atoms with van der Waals surface area (Å²) in [5.74, 6) is 2.15. The number of nitrogens with one attached hydrogen (secondary N) is 1. The molecule has 0 saturated carbocycles. The van der Waals surface area contributed by atoms with Crippen molar-refractivity contribution in [3.05, 3.63) is 29.3 Å². The molecule has 4 nitrogen and oxygen atoms in total. The predicted octanol–water partition coefficient (Wildman–Crippen LogP) is 2.58. The van der Waals surface area contributed by atoms with Crippen LogP contribution in [0.1, 0.15) is 30.6 Å². The molecule has 1 aromatic carbocycles. The lowest BCUT2D eigenvalue weighted by Gasteiger charge is -2.25. The number of carbonyl (C=O) groups is 1. The van der Waals surface area contributed by atoms with E-state index in [9.17, 15) is 4.79 Å². The summed E-state index contributed by atoms with van der Waals surface area (Å²) in [6, 6.07) is 5.99. The van der Waals surface area contributed by atoms with Gasteiger partial charge in [-0.2, -0.15) is 11.8 Å². The highest BCUT2D eigenvalue weighted by atomic mass is 32.2. The fraction of sp³-hybridized carbons (Fsp3) is 0.562. The summed E-state index contributed by atoms with van der Waals surface area (Å²) in [6.45, 7) is 4.76. The highest BCUT2D eigenvalue weighted by molar-refractivity contribution is 7.98. The molecule has 5 heteroatoms. The number of nitrogens with zero attached hydrogens (tertiary/aromatic N) is 1. The number of thioether (sulfide) groups is 1. The number of rotatable bonds is 6. The molecule has 1 aliphatic heterocycles. The summed E-state index contributed by atoms with van der Waals surface area (Å²) in [7, 11) is 1.68. The fourth-order valence-corrected chi connectivity index (χ4v) is 3.16. The molecule has 0 bridgehead atoms. The molecular formula is C16H24N2O2S. The molecule has 0 radical (unpaired) electrons. The van der Waals surface area contributed by atoms with Gasteiger partial charge < -0.3 is 9.64 Å². The van der Waals surface area contributed by atoms with Crippen LogP contribution < -0.4 is 10.1 Å². The number of aryl methyl sites for hydroxylation is 1. The Labute approximate surface area is 131 Å². The minimum absolute atomic E-state index is 0.0287. The third-order valence-electron chi connectivity index (χ3n) is 3.86. The summed E-state index contributed by atoms with van der Waals surface area (Å²) >= 11 is 1.82. The molecule has 1 aliphatic rings. The Bertz CT molecular complexity index is 507. The van der Waals surface area contributed by atoms with Crippen LogP contribution >= 0.6 is 11.8 Å². The molecule has 2 unspecified atom stereocenters. The van der Waals surface area contributed by atoms with Crippen molar-refractivity contribution in [2.24, 2.45) is 0 Å². The van der Waals surface area contributed by atoms with Crippen molar-refractivity contribution in [3.63, 3.8) is 0 Å². The van der Waals surface area contributed by atoms with Gasteiger partial charge in [-0.15, -0.1) is 0 Å². The Morgan fingerprint density at radius 1 is 1.43 bits per heavy atom. The Kier molecular flexibility index (Phi) is 5.53. The molecule has 0 spiro atoms. The van der Waals surface area contributed by atoms with Gasteiger partial charge >= 0.3 is 0 Å². The standard InChI is InChI=1S/C16H24N2O2S/c1-11-10-13(6-7-14(11)20-3)15-17-12(2)16(19)18(15)8-5-9-21-4/h6-7,10,12,15,17H,5,8-9H2,1-4H3. The first-order chi connectivity index (χ1) is 10.1. The van der Waals surface area contributed by atoms with E-state index in [1.165, 1.54) is 0 Å². The number of methoxy groups -OCH3 is 1. The molecule has 2 atom stereocenters. The highest BCUT2D eigenvalue weighted by Crippen LogP contribution is 2.29. The van der Waals surface area contributed by atoms with Crippen LogP contribution in [0.2, 0.25) is 0 Å². The molecule has 2 rings (SSSR count). The Hall–Kier alpha value is -1.20. The maximum absolute atomic E-state index is 12.3. The van der Waals surface area contributed by atoms with E-state index >= 15 is 0 Å². The van der Waals surface area contributed by atoms with Gasteiger partial charge in [0, 0.05) is 6.54 Å². The summed E-state index contributed by atoms with van der Waals surface area (Å²) in [5.41, 5.74) is 2.21. The molecule has 0 aliphatic carbocycles. The van der Waals surface area contributed by atoms with E-state index in [2.05, 4.69) is 17.6 Å². The van der Waals surface area contributed by atoms with Crippen LogP contribution in [0.25, 0.3) is 0 Å². The summed E-state index contributed by atoms with van der Waals surface area (Å²) in [5, 5.41) is 3.39. The van der Waals surface area contributed by atoms with Gasteiger partial charge in [-0.3, -0.25) is 10.1 Å². The van der Waals surface area contributed by atoms with Gasteiger partial charge in [0.2, 0.25) is 5.91 Å². The molecule has 1 N–H and O–H groups in total. The molecule has 1 saturated heterocycles. The monoisotopic (exact) mass is 308 g/mol. The first-order valence-corrected chi connectivity index (χ1v) is 8.68. The number of carbonyl (C=O) groups excluding carboxylic acids is 1. The van der Waals surface area contributed by atoms with Gasteiger partial charge in [0.05, 0.1) is 13.2 Å². The number of hydrogen-bond donors (Lipinski definition) is 1. The molecule has 1 heterocycles. The lowest BCUT2D eigenvalue weighted by molar-refractivity contribution is -0.129. The smallest absolute Gasteiger partial charge is 0.241 e. The first kappa shape index (κ1) is 16.2. The number of amides is 1. The summed E-state index contributed by atoms with van der Waals surface area (Å²) in [6.07, 6.45) is 3.09. The number of hydrogen-bond acceptors (Lipinski definition) is 4. The van der Waals surface area contributed by atoms with Crippen LogP contribution in [0.5, 0.6) is 5.75 Å². The fourth-order valence-electron chi connectivity index (χ4n) is 2.74. The second-order valence-electron chi connectivity index (χ2n) is 5.40. The van der Waals surface area contributed by atoms with E-state index in [1.54, 1.807) is 7.11 Å². The van der Waals surface area contributed by atoms with Gasteiger partial charge in [-0.25, -0.2) is 0 Å². The summed E-state index contributed by atoms with van der Waals surface area (Å²) < 4.78 is 5.31. The highest BCUT2D eigenvalue weighted by Gasteiger charge is 2.36. The first-order valence-electron chi connectivity index (χ1n) is 7.28. The zero-order valence-electron chi connectivity index (χ0n) is 13.2. The molecule has 116 valence electrons. The van der Waals surface area contributed by atoms with Gasteiger partial charge in [-0.05, 0) is 55.5 Å². The molecule has 1 fully saturated rings. The average molecular weight is 308 g/mol. The largest absolute Gasteiger partial charge is 0.496 e. The zero-order chi connectivity index (χ0) is 15.4. The van der Waals surface area contributed by atoms with Crippen LogP contribution in [-0.2, 0) is 4.79 Å². The second-order valence-corrected chi connectivity index (χ2v) is 6.38. The maximum atomic E-state index is 12.3. The Morgan fingerprint density at radius 3 is 2.81 bits per heavy atom. The van der Waals surface area contributed by atoms with Gasteiger partial charge in [0.1, 0.15) is 11.9 Å². The van der Waals surface area contributed by atoms with Crippen LogP contribution in [0, 0.1) is 6.92 Å². The van der Waals surface area contributed by atoms with Crippen molar-refractivity contribution in [1.82, 2.24) is 10.2 Å². The normalized spacial score (nSPS) is 21.9. The zero-order valence-corrected chi connectivity index (χ0v) is 14.0. The van der Waals surface area contributed by atoms with Crippen molar-refractivity contribution in [2.75, 3.05) is 25.7 Å². The SMILES string of the molecule is COc1ccc(C2NC(C)C(=O)N2CCCSC)cc1C. The molecular weight excluding hydrogens is 284 g/mol. The Morgan fingerprint density at radius 2 is 2.19 bits per heavy atom. The molecule has 1 aromatic rings. The molecule has 0 aromatic heterocycles. The Balaban J connectivity index is 2.19. The maximum Gasteiger partial charge on any atom is 0.241 e. The van der Waals surface area contributed by atoms with Crippen molar-refractivity contribution < 1.29 is 9.53 Å². The lowest BCUT2D eigenvalue weighted by Crippen LogP contribution is -2.31. The minimum Gasteiger partial charge on any atom is -0.496 e. The molecule has 1 amide bonds. The van der Waals surface area contributed by atoms with Crippen LogP contribution in [0.3, 0.4) is 0 Å². The van der Waals surface area contributed by atoms with Crippen LogP contribution in [0.15, 0.2) is 18.2 Å². The topological polar surface area (TPSA) is 41.6 Å². The van der Waals surface area contributed by atoms with E-state index in [1.807, 2.05) is 42.6 Å². The van der Waals surface area contributed by atoms with Gasteiger partial charge in [0.15, 0.2) is 0 Å². The predicted molar refractivity (Wildman–Crippen MR) is 87.8 cm³/mol.